The summed E-state index contributed by atoms with van der Waals surface area (Å²) < 4.78 is 0. The van der Waals surface area contributed by atoms with E-state index in [0.717, 1.165) is 37.2 Å². The third-order valence-electron chi connectivity index (χ3n) is 4.24. The Morgan fingerprint density at radius 2 is 1.96 bits per heavy atom. The minimum Gasteiger partial charge on any atom is -0.342 e. The summed E-state index contributed by atoms with van der Waals surface area (Å²) in [6.45, 7) is 8.02. The van der Waals surface area contributed by atoms with Gasteiger partial charge in [-0.25, -0.2) is 0 Å². The van der Waals surface area contributed by atoms with Crippen LogP contribution in [0, 0.1) is 12.8 Å². The second-order valence-corrected chi connectivity index (χ2v) is 6.57. The van der Waals surface area contributed by atoms with Gasteiger partial charge in [-0.1, -0.05) is 31.5 Å². The molecule has 2 amide bonds. The van der Waals surface area contributed by atoms with Gasteiger partial charge in [-0.3, -0.25) is 9.59 Å². The molecule has 0 aliphatic carbocycles. The van der Waals surface area contributed by atoms with E-state index in [0.29, 0.717) is 11.6 Å². The van der Waals surface area contributed by atoms with E-state index in [1.54, 1.807) is 11.0 Å². The lowest BCUT2D eigenvalue weighted by Gasteiger charge is -2.25. The van der Waals surface area contributed by atoms with E-state index in [1.165, 1.54) is 0 Å². The number of carbonyl (C=O) groups is 2. The highest BCUT2D eigenvalue weighted by molar-refractivity contribution is 6.31. The summed E-state index contributed by atoms with van der Waals surface area (Å²) in [5.41, 5.74) is 1.75. The second-order valence-electron chi connectivity index (χ2n) is 6.16. The molecule has 1 aliphatic rings. The first kappa shape index (κ1) is 17.8. The standard InChI is InChI=1S/C18H25ClN2O2/c1-4-8-20(9-5-2)18(23)14-10-17(22)21(12-14)15-7-6-13(3)16(19)11-15/h6-7,11,14H,4-5,8-10,12H2,1-3H3/t14-/m0/s1. The molecule has 0 spiro atoms. The van der Waals surface area contributed by atoms with E-state index in [1.807, 2.05) is 24.0 Å². The summed E-state index contributed by atoms with van der Waals surface area (Å²) in [5, 5.41) is 0.642. The lowest BCUT2D eigenvalue weighted by Crippen LogP contribution is -2.38. The highest BCUT2D eigenvalue weighted by atomic mass is 35.5. The number of halogens is 1. The van der Waals surface area contributed by atoms with Gasteiger partial charge in [0, 0.05) is 36.8 Å². The van der Waals surface area contributed by atoms with Gasteiger partial charge in [-0.2, -0.15) is 0 Å². The molecule has 1 aromatic carbocycles. The Morgan fingerprint density at radius 3 is 2.52 bits per heavy atom. The van der Waals surface area contributed by atoms with Gasteiger partial charge >= 0.3 is 0 Å². The van der Waals surface area contributed by atoms with Gasteiger partial charge in [0.25, 0.3) is 0 Å². The summed E-state index contributed by atoms with van der Waals surface area (Å²) in [6, 6.07) is 5.60. The van der Waals surface area contributed by atoms with Gasteiger partial charge in [0.15, 0.2) is 0 Å². The molecular formula is C18H25ClN2O2. The van der Waals surface area contributed by atoms with E-state index in [9.17, 15) is 9.59 Å². The van der Waals surface area contributed by atoms with Crippen LogP contribution >= 0.6 is 11.6 Å². The smallest absolute Gasteiger partial charge is 0.228 e. The van der Waals surface area contributed by atoms with Gasteiger partial charge in [0.1, 0.15) is 0 Å². The third-order valence-corrected chi connectivity index (χ3v) is 4.65. The molecule has 1 aliphatic heterocycles. The minimum atomic E-state index is -0.249. The zero-order chi connectivity index (χ0) is 17.0. The number of anilines is 1. The highest BCUT2D eigenvalue weighted by Crippen LogP contribution is 2.29. The molecule has 0 bridgehead atoms. The molecule has 0 N–H and O–H groups in total. The molecule has 0 unspecified atom stereocenters. The van der Waals surface area contributed by atoms with Crippen molar-refractivity contribution < 1.29 is 9.59 Å². The number of hydrogen-bond donors (Lipinski definition) is 0. The maximum absolute atomic E-state index is 12.7. The largest absolute Gasteiger partial charge is 0.342 e. The molecule has 1 fully saturated rings. The number of amides is 2. The van der Waals surface area contributed by atoms with Crippen molar-refractivity contribution in [2.24, 2.45) is 5.92 Å². The minimum absolute atomic E-state index is 0.00350. The Morgan fingerprint density at radius 1 is 1.30 bits per heavy atom. The number of hydrogen-bond acceptors (Lipinski definition) is 2. The van der Waals surface area contributed by atoms with Gasteiger partial charge in [-0.05, 0) is 37.5 Å². The quantitative estimate of drug-likeness (QED) is 0.795. The van der Waals surface area contributed by atoms with Crippen molar-refractivity contribution in [3.8, 4) is 0 Å². The summed E-state index contributed by atoms with van der Waals surface area (Å²) >= 11 is 6.16. The van der Waals surface area contributed by atoms with Gasteiger partial charge in [0.05, 0.1) is 5.92 Å². The molecule has 5 heteroatoms. The maximum atomic E-state index is 12.7. The van der Waals surface area contributed by atoms with Crippen LogP contribution in [0.25, 0.3) is 0 Å². The fourth-order valence-electron chi connectivity index (χ4n) is 3.00. The Balaban J connectivity index is 2.12. The SMILES string of the molecule is CCCN(CCC)C(=O)[C@H]1CC(=O)N(c2ccc(C)c(Cl)c2)C1. The van der Waals surface area contributed by atoms with Crippen LogP contribution in [0.3, 0.4) is 0 Å². The molecule has 1 heterocycles. The zero-order valence-electron chi connectivity index (χ0n) is 14.1. The van der Waals surface area contributed by atoms with Crippen molar-refractivity contribution >= 4 is 29.1 Å². The van der Waals surface area contributed by atoms with Crippen LogP contribution in [0.1, 0.15) is 38.7 Å². The molecule has 1 aromatic rings. The Hall–Kier alpha value is -1.55. The number of rotatable bonds is 6. The molecule has 1 saturated heterocycles. The van der Waals surface area contributed by atoms with Crippen LogP contribution < -0.4 is 4.90 Å². The van der Waals surface area contributed by atoms with Gasteiger partial charge < -0.3 is 9.80 Å². The van der Waals surface area contributed by atoms with Crippen molar-refractivity contribution in [3.63, 3.8) is 0 Å². The van der Waals surface area contributed by atoms with Crippen molar-refractivity contribution in [2.45, 2.75) is 40.0 Å². The first-order valence-electron chi connectivity index (χ1n) is 8.33. The highest BCUT2D eigenvalue weighted by Gasteiger charge is 2.37. The Labute approximate surface area is 143 Å². The number of aryl methyl sites for hydroxylation is 1. The van der Waals surface area contributed by atoms with Crippen molar-refractivity contribution in [1.82, 2.24) is 4.90 Å². The van der Waals surface area contributed by atoms with Crippen molar-refractivity contribution in [1.29, 1.82) is 0 Å². The predicted octanol–water partition coefficient (Wildman–Crippen LogP) is 3.65. The predicted molar refractivity (Wildman–Crippen MR) is 93.8 cm³/mol. The zero-order valence-corrected chi connectivity index (χ0v) is 14.9. The topological polar surface area (TPSA) is 40.6 Å². The van der Waals surface area contributed by atoms with Crippen molar-refractivity contribution in [2.75, 3.05) is 24.5 Å². The van der Waals surface area contributed by atoms with E-state index >= 15 is 0 Å². The van der Waals surface area contributed by atoms with E-state index in [4.69, 9.17) is 11.6 Å². The van der Waals surface area contributed by atoms with Gasteiger partial charge in [-0.15, -0.1) is 0 Å². The van der Waals surface area contributed by atoms with Crippen LogP contribution in [-0.4, -0.2) is 36.3 Å². The van der Waals surface area contributed by atoms with Crippen LogP contribution in [0.15, 0.2) is 18.2 Å². The van der Waals surface area contributed by atoms with Crippen LogP contribution in [0.2, 0.25) is 5.02 Å². The molecular weight excluding hydrogens is 312 g/mol. The van der Waals surface area contributed by atoms with Crippen LogP contribution in [-0.2, 0) is 9.59 Å². The number of nitrogens with zero attached hydrogens (tertiary/aromatic N) is 2. The summed E-state index contributed by atoms with van der Waals surface area (Å²) in [4.78, 5) is 28.6. The Kier molecular flexibility index (Phi) is 6.05. The monoisotopic (exact) mass is 336 g/mol. The Bertz CT molecular complexity index is 582. The second kappa shape index (κ2) is 7.82. The molecule has 0 radical (unpaired) electrons. The molecule has 0 aromatic heterocycles. The van der Waals surface area contributed by atoms with E-state index in [2.05, 4.69) is 13.8 Å². The fraction of sp³-hybridized carbons (Fsp3) is 0.556. The number of benzene rings is 1. The van der Waals surface area contributed by atoms with Crippen LogP contribution in [0.5, 0.6) is 0 Å². The molecule has 126 valence electrons. The molecule has 0 saturated carbocycles. The third kappa shape index (κ3) is 4.05. The molecule has 4 nitrogen and oxygen atoms in total. The lowest BCUT2D eigenvalue weighted by atomic mass is 10.1. The molecule has 23 heavy (non-hydrogen) atoms. The average molecular weight is 337 g/mol. The lowest BCUT2D eigenvalue weighted by molar-refractivity contribution is -0.135. The van der Waals surface area contributed by atoms with Gasteiger partial charge in [0.2, 0.25) is 11.8 Å². The van der Waals surface area contributed by atoms with E-state index in [-0.39, 0.29) is 24.2 Å². The molecule has 2 rings (SSSR count). The fourth-order valence-corrected chi connectivity index (χ4v) is 3.18. The van der Waals surface area contributed by atoms with Crippen LogP contribution in [0.4, 0.5) is 5.69 Å². The normalized spacial score (nSPS) is 17.7. The number of carbonyl (C=O) groups excluding carboxylic acids is 2. The summed E-state index contributed by atoms with van der Waals surface area (Å²) in [6.07, 6.45) is 2.15. The average Bonchev–Trinajstić information content (AvgIpc) is 2.91. The maximum Gasteiger partial charge on any atom is 0.228 e. The molecule has 1 atom stereocenters. The first-order chi connectivity index (χ1) is 11.0. The summed E-state index contributed by atoms with van der Waals surface area (Å²) in [5.74, 6) is -0.153. The van der Waals surface area contributed by atoms with E-state index < -0.39 is 0 Å². The first-order valence-corrected chi connectivity index (χ1v) is 8.71. The summed E-state index contributed by atoms with van der Waals surface area (Å²) in [7, 11) is 0. The van der Waals surface area contributed by atoms with Crippen molar-refractivity contribution in [3.05, 3.63) is 28.8 Å².